The molecule has 4 heteroatoms. The summed E-state index contributed by atoms with van der Waals surface area (Å²) in [4.78, 5) is 0. The van der Waals surface area contributed by atoms with Crippen LogP contribution in [-0.4, -0.2) is 0 Å². The van der Waals surface area contributed by atoms with Gasteiger partial charge >= 0.3 is 27.5 Å². The molecule has 0 fully saturated rings. The molecule has 0 rings (SSSR count). The maximum absolute atomic E-state index is 8.34. The topological polar surface area (TPSA) is 17.1 Å². The van der Waals surface area contributed by atoms with Gasteiger partial charge < -0.3 is 0 Å². The van der Waals surface area contributed by atoms with Gasteiger partial charge in [-0.1, -0.05) is 0 Å². The zero-order valence-electron chi connectivity index (χ0n) is 1.58. The Kier molecular flexibility index (Phi) is 83.5. The molecule has 0 aromatic carbocycles. The minimum atomic E-state index is 0. The van der Waals surface area contributed by atoms with Crippen molar-refractivity contribution in [3.05, 3.63) is 0 Å². The largest absolute Gasteiger partial charge is 0 e. The molecule has 0 aliphatic carbocycles. The Balaban J connectivity index is -0.00000000500. The number of rotatable bonds is 0. The molecule has 1 nitrogen and oxygen atoms in total. The Bertz CT molecular complexity index is 8.00. The molecule has 0 bridgehead atoms. The van der Waals surface area contributed by atoms with Crippen LogP contribution in [0.4, 0.5) is 0 Å². The minimum Gasteiger partial charge on any atom is 0 e. The predicted octanol–water partition coefficient (Wildman–Crippen LogP) is -0.126. The van der Waals surface area contributed by atoms with Crippen molar-refractivity contribution < 1.29 is 68.1 Å². The SMILES string of the molecule is [O]=[Zr].[Pt].[Ru]. The first-order chi connectivity index (χ1) is 1.00. The molecule has 0 aromatic heterocycles. The fourth-order valence-electron chi connectivity index (χ4n) is 0. The third-order valence-electron chi connectivity index (χ3n) is 0. The molecule has 4 heavy (non-hydrogen) atoms. The van der Waals surface area contributed by atoms with E-state index in [1.54, 1.807) is 0 Å². The Hall–Kier alpha value is 1.99. The summed E-state index contributed by atoms with van der Waals surface area (Å²) in [6.45, 7) is 0. The second-order valence-corrected chi connectivity index (χ2v) is 0. The van der Waals surface area contributed by atoms with Gasteiger partial charge in [0.05, 0.1) is 0 Å². The molecular formula is OPtRuZr. The van der Waals surface area contributed by atoms with E-state index >= 15 is 0 Å². The van der Waals surface area contributed by atoms with E-state index in [4.69, 9.17) is 2.81 Å². The van der Waals surface area contributed by atoms with Crippen molar-refractivity contribution in [2.45, 2.75) is 0 Å². The van der Waals surface area contributed by atoms with Crippen LogP contribution in [0.5, 0.6) is 0 Å². The van der Waals surface area contributed by atoms with Crippen LogP contribution in [0.25, 0.3) is 0 Å². The molecule has 0 atom stereocenters. The number of hydrogen-bond acceptors (Lipinski definition) is 1. The summed E-state index contributed by atoms with van der Waals surface area (Å²) in [5, 5.41) is 0. The van der Waals surface area contributed by atoms with Crippen LogP contribution in [0, 0.1) is 0 Å². The van der Waals surface area contributed by atoms with Gasteiger partial charge in [-0.15, -0.1) is 0 Å². The number of hydrogen-bond donors (Lipinski definition) is 0. The van der Waals surface area contributed by atoms with E-state index in [0.717, 1.165) is 0 Å². The van der Waals surface area contributed by atoms with Gasteiger partial charge in [-0.25, -0.2) is 0 Å². The van der Waals surface area contributed by atoms with E-state index in [2.05, 4.69) is 0 Å². The van der Waals surface area contributed by atoms with Crippen LogP contribution in [0.15, 0.2) is 0 Å². The molecule has 0 heterocycles. The molecule has 0 N–H and O–H groups in total. The zero-order valence-corrected chi connectivity index (χ0v) is 8.05. The van der Waals surface area contributed by atoms with E-state index in [1.165, 1.54) is 0 Å². The first-order valence-electron chi connectivity index (χ1n) is 0.204. The zero-order chi connectivity index (χ0) is 2.00. The molecular weight excluding hydrogens is 403 g/mol. The Morgan fingerprint density at radius 2 is 1.25 bits per heavy atom. The summed E-state index contributed by atoms with van der Waals surface area (Å²) in [5.74, 6) is 0. The van der Waals surface area contributed by atoms with Crippen LogP contribution in [0.1, 0.15) is 0 Å². The summed E-state index contributed by atoms with van der Waals surface area (Å²) >= 11 is 0.300. The second kappa shape index (κ2) is 20.0. The molecule has 0 aromatic rings. The molecule has 0 aliphatic rings. The molecule has 0 unspecified atom stereocenters. The molecule has 0 saturated carbocycles. The molecule has 0 spiro atoms. The molecule has 0 saturated heterocycles. The fourth-order valence-corrected chi connectivity index (χ4v) is 0. The maximum Gasteiger partial charge on any atom is 0 e. The predicted molar refractivity (Wildman–Crippen MR) is 0.686 cm³/mol. The Labute approximate surface area is 67.2 Å². The van der Waals surface area contributed by atoms with Gasteiger partial charge in [0.15, 0.2) is 0 Å². The second-order valence-electron chi connectivity index (χ2n) is 0. The summed E-state index contributed by atoms with van der Waals surface area (Å²) in [7, 11) is 0. The van der Waals surface area contributed by atoms with Gasteiger partial charge in [-0.3, -0.25) is 0 Å². The van der Waals surface area contributed by atoms with Crippen molar-refractivity contribution in [3.63, 3.8) is 0 Å². The van der Waals surface area contributed by atoms with E-state index in [0.29, 0.717) is 24.7 Å². The minimum absolute atomic E-state index is 0. The average molecular weight is 403 g/mol. The van der Waals surface area contributed by atoms with Crippen LogP contribution >= 0.6 is 0 Å². The van der Waals surface area contributed by atoms with Crippen LogP contribution in [0.3, 0.4) is 0 Å². The average Bonchev–Trinajstić information content (AvgIpc) is 1.00. The van der Waals surface area contributed by atoms with Gasteiger partial charge in [0.25, 0.3) is 0 Å². The van der Waals surface area contributed by atoms with Crippen molar-refractivity contribution in [1.82, 2.24) is 0 Å². The van der Waals surface area contributed by atoms with Gasteiger partial charge in [-0.05, 0) is 0 Å². The van der Waals surface area contributed by atoms with Crippen LogP contribution < -0.4 is 0 Å². The molecule has 0 aliphatic heterocycles. The fraction of sp³-hybridized carbons (Fsp3) is 0. The standard InChI is InChI=1S/O.Pt.Ru.Zr. The Morgan fingerprint density at radius 1 is 1.25 bits per heavy atom. The molecule has 28 valence electrons. The molecule has 0 radical (unpaired) electrons. The summed E-state index contributed by atoms with van der Waals surface area (Å²) in [5.41, 5.74) is 0. The first kappa shape index (κ1) is 16.7. The molecule has 0 amide bonds. The van der Waals surface area contributed by atoms with Gasteiger partial charge in [0.2, 0.25) is 0 Å². The third kappa shape index (κ3) is 9.00. The van der Waals surface area contributed by atoms with E-state index in [1.807, 2.05) is 0 Å². The van der Waals surface area contributed by atoms with Gasteiger partial charge in [-0.2, -0.15) is 0 Å². The van der Waals surface area contributed by atoms with Crippen LogP contribution in [0.2, 0.25) is 0 Å². The maximum atomic E-state index is 8.34. The smallest absolute Gasteiger partial charge is 0 e. The van der Waals surface area contributed by atoms with Gasteiger partial charge in [0.1, 0.15) is 0 Å². The third-order valence-corrected chi connectivity index (χ3v) is 0. The van der Waals surface area contributed by atoms with E-state index in [-0.39, 0.29) is 40.5 Å². The normalized spacial score (nSPS) is 0.750. The summed E-state index contributed by atoms with van der Waals surface area (Å²) in [6.07, 6.45) is 0. The van der Waals surface area contributed by atoms with E-state index in [9.17, 15) is 0 Å². The van der Waals surface area contributed by atoms with E-state index < -0.39 is 0 Å². The summed E-state index contributed by atoms with van der Waals surface area (Å²) in [6, 6.07) is 0. The van der Waals surface area contributed by atoms with Gasteiger partial charge in [0, 0.05) is 40.5 Å². The first-order valence-corrected chi connectivity index (χ1v) is 1.21. The van der Waals surface area contributed by atoms with Crippen molar-refractivity contribution in [3.8, 4) is 0 Å². The quantitative estimate of drug-likeness (QED) is 0.516. The van der Waals surface area contributed by atoms with Crippen molar-refractivity contribution in [2.75, 3.05) is 0 Å². The Morgan fingerprint density at radius 3 is 1.25 bits per heavy atom. The van der Waals surface area contributed by atoms with Crippen molar-refractivity contribution in [2.24, 2.45) is 0 Å². The summed E-state index contributed by atoms with van der Waals surface area (Å²) < 4.78 is 8.34. The van der Waals surface area contributed by atoms with Crippen LogP contribution in [-0.2, 0) is 68.1 Å². The monoisotopic (exact) mass is 403 g/mol. The van der Waals surface area contributed by atoms with Crippen molar-refractivity contribution in [1.29, 1.82) is 0 Å². The van der Waals surface area contributed by atoms with Crippen molar-refractivity contribution >= 4 is 0 Å².